The molecule has 4 heteroatoms. The molecule has 0 radical (unpaired) electrons. The molecule has 2 N–H and O–H groups in total. The van der Waals surface area contributed by atoms with Crippen molar-refractivity contribution in [2.45, 2.75) is 115 Å². The molecule has 9 fully saturated rings. The minimum absolute atomic E-state index is 0.0621. The molecule has 0 saturated heterocycles. The molecule has 33 heavy (non-hydrogen) atoms. The molecule has 9 aliphatic carbocycles. The molecule has 9 saturated carbocycles. The number of carbonyl (C=O) groups is 2. The van der Waals surface area contributed by atoms with Crippen LogP contribution in [-0.4, -0.2) is 23.9 Å². The smallest absolute Gasteiger partial charge is 0.226 e. The highest BCUT2D eigenvalue weighted by molar-refractivity contribution is 5.84. The zero-order valence-corrected chi connectivity index (χ0v) is 20.6. The summed E-state index contributed by atoms with van der Waals surface area (Å²) < 4.78 is 0. The summed E-state index contributed by atoms with van der Waals surface area (Å²) in [5, 5.41) is 7.11. The maximum absolute atomic E-state index is 13.6. The van der Waals surface area contributed by atoms with E-state index < -0.39 is 0 Å². The van der Waals surface area contributed by atoms with Gasteiger partial charge in [0, 0.05) is 22.9 Å². The predicted molar refractivity (Wildman–Crippen MR) is 128 cm³/mol. The molecule has 2 unspecified atom stereocenters. The minimum atomic E-state index is -0.0621. The summed E-state index contributed by atoms with van der Waals surface area (Å²) in [7, 11) is 0. The SMILES string of the molecule is CC1CC(NC(=O)C23CC4CC(CC(C4)C2)C3)CC(NC(=O)C23CC4CC(CC(C4)C2)C3)C1. The monoisotopic (exact) mass is 452 g/mol. The van der Waals surface area contributed by atoms with Gasteiger partial charge in [0.2, 0.25) is 11.8 Å². The molecule has 0 spiro atoms. The Morgan fingerprint density at radius 2 is 0.818 bits per heavy atom. The quantitative estimate of drug-likeness (QED) is 0.615. The summed E-state index contributed by atoms with van der Waals surface area (Å²) in [5.41, 5.74) is -0.124. The Morgan fingerprint density at radius 3 is 1.12 bits per heavy atom. The molecular weight excluding hydrogens is 408 g/mol. The van der Waals surface area contributed by atoms with E-state index in [4.69, 9.17) is 0 Å². The fourth-order valence-electron chi connectivity index (χ4n) is 11.3. The van der Waals surface area contributed by atoms with Gasteiger partial charge in [-0.1, -0.05) is 6.92 Å². The molecule has 0 aromatic rings. The van der Waals surface area contributed by atoms with Gasteiger partial charge in [-0.25, -0.2) is 0 Å². The molecule has 0 heterocycles. The van der Waals surface area contributed by atoms with Crippen molar-refractivity contribution in [3.05, 3.63) is 0 Å². The highest BCUT2D eigenvalue weighted by atomic mass is 16.2. The van der Waals surface area contributed by atoms with Crippen LogP contribution in [0.1, 0.15) is 103 Å². The lowest BCUT2D eigenvalue weighted by atomic mass is 9.49. The Hall–Kier alpha value is -1.06. The van der Waals surface area contributed by atoms with Crippen LogP contribution in [0.5, 0.6) is 0 Å². The normalized spacial score (nSPS) is 53.8. The second-order valence-electron chi connectivity index (χ2n) is 14.5. The third-order valence-electron chi connectivity index (χ3n) is 11.7. The lowest BCUT2D eigenvalue weighted by molar-refractivity contribution is -0.148. The van der Waals surface area contributed by atoms with Crippen molar-refractivity contribution in [3.8, 4) is 0 Å². The third kappa shape index (κ3) is 3.59. The van der Waals surface area contributed by atoms with Gasteiger partial charge < -0.3 is 10.6 Å². The summed E-state index contributed by atoms with van der Waals surface area (Å²) in [6.07, 6.45) is 18.2. The second-order valence-corrected chi connectivity index (χ2v) is 14.5. The van der Waals surface area contributed by atoms with E-state index in [2.05, 4.69) is 17.6 Å². The molecule has 8 bridgehead atoms. The molecular formula is C29H44N2O2. The summed E-state index contributed by atoms with van der Waals surface area (Å²) in [6.45, 7) is 2.31. The number of amides is 2. The van der Waals surface area contributed by atoms with Crippen LogP contribution in [0, 0.1) is 52.3 Å². The first kappa shape index (κ1) is 21.2. The summed E-state index contributed by atoms with van der Waals surface area (Å²) in [6, 6.07) is 0.465. The molecule has 9 rings (SSSR count). The van der Waals surface area contributed by atoms with Crippen LogP contribution < -0.4 is 10.6 Å². The summed E-state index contributed by atoms with van der Waals surface area (Å²) in [4.78, 5) is 27.3. The topological polar surface area (TPSA) is 58.2 Å². The van der Waals surface area contributed by atoms with Crippen LogP contribution in [0.4, 0.5) is 0 Å². The number of nitrogens with one attached hydrogen (secondary N) is 2. The zero-order valence-electron chi connectivity index (χ0n) is 20.6. The number of carbonyl (C=O) groups excluding carboxylic acids is 2. The average molecular weight is 453 g/mol. The van der Waals surface area contributed by atoms with Crippen LogP contribution in [0.3, 0.4) is 0 Å². The van der Waals surface area contributed by atoms with Crippen molar-refractivity contribution in [2.24, 2.45) is 52.3 Å². The first-order valence-corrected chi connectivity index (χ1v) is 14.5. The van der Waals surface area contributed by atoms with Crippen LogP contribution in [0.25, 0.3) is 0 Å². The van der Waals surface area contributed by atoms with Gasteiger partial charge >= 0.3 is 0 Å². The molecule has 0 aromatic heterocycles. The van der Waals surface area contributed by atoms with E-state index in [0.29, 0.717) is 17.7 Å². The largest absolute Gasteiger partial charge is 0.353 e. The molecule has 0 aliphatic heterocycles. The maximum atomic E-state index is 13.6. The van der Waals surface area contributed by atoms with E-state index in [1.54, 1.807) is 0 Å². The van der Waals surface area contributed by atoms with E-state index in [0.717, 1.165) is 93.3 Å². The number of hydrogen-bond donors (Lipinski definition) is 2. The lowest BCUT2D eigenvalue weighted by Gasteiger charge is -2.56. The van der Waals surface area contributed by atoms with Crippen molar-refractivity contribution in [3.63, 3.8) is 0 Å². The van der Waals surface area contributed by atoms with Crippen molar-refractivity contribution in [2.75, 3.05) is 0 Å². The summed E-state index contributed by atoms with van der Waals surface area (Å²) in [5.74, 6) is 6.12. The number of hydrogen-bond acceptors (Lipinski definition) is 2. The van der Waals surface area contributed by atoms with Crippen molar-refractivity contribution < 1.29 is 9.59 Å². The van der Waals surface area contributed by atoms with Crippen molar-refractivity contribution >= 4 is 11.8 Å². The van der Waals surface area contributed by atoms with Gasteiger partial charge in [-0.15, -0.1) is 0 Å². The maximum Gasteiger partial charge on any atom is 0.226 e. The Bertz CT molecular complexity index is 697. The van der Waals surface area contributed by atoms with Gasteiger partial charge in [-0.3, -0.25) is 9.59 Å². The first-order chi connectivity index (χ1) is 15.9. The number of rotatable bonds is 4. The van der Waals surface area contributed by atoms with E-state index in [1.807, 2.05) is 0 Å². The molecule has 9 aliphatic rings. The van der Waals surface area contributed by atoms with Crippen molar-refractivity contribution in [1.82, 2.24) is 10.6 Å². The lowest BCUT2D eigenvalue weighted by Crippen LogP contribution is -2.58. The zero-order chi connectivity index (χ0) is 22.4. The first-order valence-electron chi connectivity index (χ1n) is 14.5. The molecule has 182 valence electrons. The average Bonchev–Trinajstić information content (AvgIpc) is 2.71. The Morgan fingerprint density at radius 1 is 0.515 bits per heavy atom. The fourth-order valence-corrected chi connectivity index (χ4v) is 11.3. The highest BCUT2D eigenvalue weighted by Crippen LogP contribution is 2.61. The minimum Gasteiger partial charge on any atom is -0.353 e. The van der Waals surface area contributed by atoms with Gasteiger partial charge in [0.25, 0.3) is 0 Å². The summed E-state index contributed by atoms with van der Waals surface area (Å²) >= 11 is 0. The molecule has 0 aromatic carbocycles. The van der Waals surface area contributed by atoms with Crippen LogP contribution >= 0.6 is 0 Å². The van der Waals surface area contributed by atoms with E-state index >= 15 is 0 Å². The standard InChI is InChI=1S/C29H44N2O2/c1-17-2-24(30-26(32)28-11-18-4-19(12-28)6-20(5-18)13-28)10-25(3-17)31-27(33)29-14-21-7-22(15-29)9-23(8-21)16-29/h17-25H,2-16H2,1H3,(H,30,32)(H,31,33). The van der Waals surface area contributed by atoms with Crippen molar-refractivity contribution in [1.29, 1.82) is 0 Å². The van der Waals surface area contributed by atoms with Gasteiger partial charge in [0.1, 0.15) is 0 Å². The van der Waals surface area contributed by atoms with Crippen LogP contribution in [0.2, 0.25) is 0 Å². The predicted octanol–water partition coefficient (Wildman–Crippen LogP) is 5.21. The Balaban J connectivity index is 1.01. The highest BCUT2D eigenvalue weighted by Gasteiger charge is 2.56. The van der Waals surface area contributed by atoms with E-state index in [-0.39, 0.29) is 22.9 Å². The molecule has 2 amide bonds. The van der Waals surface area contributed by atoms with Gasteiger partial charge in [0.15, 0.2) is 0 Å². The van der Waals surface area contributed by atoms with E-state index in [1.165, 1.54) is 38.5 Å². The van der Waals surface area contributed by atoms with Crippen LogP contribution in [0.15, 0.2) is 0 Å². The van der Waals surface area contributed by atoms with E-state index in [9.17, 15) is 9.59 Å². The third-order valence-corrected chi connectivity index (χ3v) is 11.7. The molecule has 4 nitrogen and oxygen atoms in total. The Kier molecular flexibility index (Phi) is 4.81. The second kappa shape index (κ2) is 7.47. The Labute approximate surface area is 199 Å². The fraction of sp³-hybridized carbons (Fsp3) is 0.931. The van der Waals surface area contributed by atoms with Crippen LogP contribution in [-0.2, 0) is 9.59 Å². The van der Waals surface area contributed by atoms with Gasteiger partial charge in [-0.2, -0.15) is 0 Å². The van der Waals surface area contributed by atoms with Gasteiger partial charge in [-0.05, 0) is 138 Å². The molecule has 2 atom stereocenters. The van der Waals surface area contributed by atoms with Gasteiger partial charge in [0.05, 0.1) is 0 Å².